The fourth-order valence-electron chi connectivity index (χ4n) is 2.91. The summed E-state index contributed by atoms with van der Waals surface area (Å²) in [5.74, 6) is 0. The van der Waals surface area contributed by atoms with Crippen LogP contribution in [0, 0.1) is 0 Å². The molecule has 0 aromatic heterocycles. The summed E-state index contributed by atoms with van der Waals surface area (Å²) in [5.41, 5.74) is 0. The van der Waals surface area contributed by atoms with Gasteiger partial charge in [-0.25, -0.2) is 0 Å². The van der Waals surface area contributed by atoms with E-state index in [4.69, 9.17) is 5.11 Å². The van der Waals surface area contributed by atoms with E-state index in [9.17, 15) is 5.11 Å². The van der Waals surface area contributed by atoms with E-state index in [0.717, 1.165) is 32.2 Å². The maximum atomic E-state index is 10.0. The summed E-state index contributed by atoms with van der Waals surface area (Å²) in [6.07, 6.45) is 13.2. The Morgan fingerprint density at radius 3 is 2.00 bits per heavy atom. The van der Waals surface area contributed by atoms with Crippen molar-refractivity contribution < 1.29 is 10.2 Å². The van der Waals surface area contributed by atoms with Crippen molar-refractivity contribution in [2.75, 3.05) is 26.2 Å². The molecule has 1 fully saturated rings. The van der Waals surface area contributed by atoms with E-state index in [-0.39, 0.29) is 6.10 Å². The molecule has 0 bridgehead atoms. The number of aliphatic hydroxyl groups excluding tert-OH is 2. The number of unbranched alkanes of at least 4 members (excludes halogenated alkanes) is 6. The van der Waals surface area contributed by atoms with Crippen LogP contribution in [0.5, 0.6) is 0 Å². The number of hydrogen-bond donors (Lipinski definition) is 2. The van der Waals surface area contributed by atoms with Gasteiger partial charge in [-0.3, -0.25) is 0 Å². The molecule has 114 valence electrons. The molecule has 1 aliphatic rings. The van der Waals surface area contributed by atoms with Crippen molar-refractivity contribution >= 4 is 0 Å². The Hall–Kier alpha value is -0.120. The average molecular weight is 271 g/mol. The van der Waals surface area contributed by atoms with E-state index in [1.165, 1.54) is 58.0 Å². The van der Waals surface area contributed by atoms with Crippen molar-refractivity contribution in [3.05, 3.63) is 0 Å². The smallest absolute Gasteiger partial charge is 0.0667 e. The quantitative estimate of drug-likeness (QED) is 0.568. The van der Waals surface area contributed by atoms with Crippen molar-refractivity contribution in [2.24, 2.45) is 0 Å². The van der Waals surface area contributed by atoms with Crippen LogP contribution in [0.2, 0.25) is 0 Å². The number of nitrogens with zero attached hydrogens (tertiary/aromatic N) is 1. The summed E-state index contributed by atoms with van der Waals surface area (Å²) in [5, 5.41) is 18.7. The first-order valence-corrected chi connectivity index (χ1v) is 8.34. The number of hydrogen-bond acceptors (Lipinski definition) is 3. The lowest BCUT2D eigenvalue weighted by atomic mass is 10.1. The fraction of sp³-hybridized carbons (Fsp3) is 1.00. The SMILES string of the molecule is OCCCCCCCCCC(O)CN1CCCCC1. The Labute approximate surface area is 119 Å². The first kappa shape index (κ1) is 16.9. The molecule has 1 rings (SSSR count). The van der Waals surface area contributed by atoms with E-state index in [1.807, 2.05) is 0 Å². The summed E-state index contributed by atoms with van der Waals surface area (Å²) in [4.78, 5) is 2.42. The van der Waals surface area contributed by atoms with Gasteiger partial charge in [-0.15, -0.1) is 0 Å². The predicted octanol–water partition coefficient (Wildman–Crippen LogP) is 2.95. The van der Waals surface area contributed by atoms with Crippen LogP contribution in [-0.2, 0) is 0 Å². The maximum Gasteiger partial charge on any atom is 0.0667 e. The molecule has 0 saturated carbocycles. The van der Waals surface area contributed by atoms with Crippen LogP contribution in [0.3, 0.4) is 0 Å². The van der Waals surface area contributed by atoms with Gasteiger partial charge in [0.25, 0.3) is 0 Å². The lowest BCUT2D eigenvalue weighted by Gasteiger charge is -2.28. The van der Waals surface area contributed by atoms with E-state index < -0.39 is 0 Å². The number of aliphatic hydroxyl groups is 2. The molecule has 3 heteroatoms. The van der Waals surface area contributed by atoms with E-state index in [2.05, 4.69) is 4.90 Å². The minimum absolute atomic E-state index is 0.118. The lowest BCUT2D eigenvalue weighted by Crippen LogP contribution is -2.36. The largest absolute Gasteiger partial charge is 0.396 e. The first-order valence-electron chi connectivity index (χ1n) is 8.34. The van der Waals surface area contributed by atoms with Gasteiger partial charge < -0.3 is 15.1 Å². The Morgan fingerprint density at radius 1 is 0.789 bits per heavy atom. The van der Waals surface area contributed by atoms with Gasteiger partial charge in [0.05, 0.1) is 6.10 Å². The third-order valence-corrected chi connectivity index (χ3v) is 4.11. The topological polar surface area (TPSA) is 43.7 Å². The molecule has 0 spiro atoms. The van der Waals surface area contributed by atoms with Crippen molar-refractivity contribution in [1.29, 1.82) is 0 Å². The van der Waals surface area contributed by atoms with Crippen molar-refractivity contribution in [3.63, 3.8) is 0 Å². The molecule has 0 aromatic carbocycles. The predicted molar refractivity (Wildman–Crippen MR) is 80.3 cm³/mol. The first-order chi connectivity index (χ1) is 9.33. The highest BCUT2D eigenvalue weighted by Crippen LogP contribution is 2.13. The summed E-state index contributed by atoms with van der Waals surface area (Å²) >= 11 is 0. The van der Waals surface area contributed by atoms with Crippen LogP contribution in [0.25, 0.3) is 0 Å². The van der Waals surface area contributed by atoms with Crippen LogP contribution in [-0.4, -0.2) is 47.5 Å². The van der Waals surface area contributed by atoms with Crippen LogP contribution in [0.4, 0.5) is 0 Å². The lowest BCUT2D eigenvalue weighted by molar-refractivity contribution is 0.0926. The van der Waals surface area contributed by atoms with Gasteiger partial charge in [-0.05, 0) is 38.8 Å². The molecule has 0 amide bonds. The molecule has 2 N–H and O–H groups in total. The Balaban J connectivity index is 1.85. The highest BCUT2D eigenvalue weighted by Gasteiger charge is 2.13. The summed E-state index contributed by atoms with van der Waals surface area (Å²) in [7, 11) is 0. The number of piperidine rings is 1. The van der Waals surface area contributed by atoms with Gasteiger partial charge in [0.2, 0.25) is 0 Å². The number of β-amino-alcohol motifs (C(OH)–C–C–N with tert-alkyl or cyclic N) is 1. The molecule has 3 nitrogen and oxygen atoms in total. The second kappa shape index (κ2) is 11.7. The zero-order valence-electron chi connectivity index (χ0n) is 12.5. The van der Waals surface area contributed by atoms with Crippen LogP contribution in [0.15, 0.2) is 0 Å². The summed E-state index contributed by atoms with van der Waals surface area (Å²) in [6, 6.07) is 0. The zero-order chi connectivity index (χ0) is 13.8. The highest BCUT2D eigenvalue weighted by molar-refractivity contribution is 4.68. The van der Waals surface area contributed by atoms with Gasteiger partial charge in [0.15, 0.2) is 0 Å². The third kappa shape index (κ3) is 9.42. The van der Waals surface area contributed by atoms with Gasteiger partial charge in [0.1, 0.15) is 0 Å². The van der Waals surface area contributed by atoms with Gasteiger partial charge >= 0.3 is 0 Å². The Kier molecular flexibility index (Phi) is 10.4. The Morgan fingerprint density at radius 2 is 1.37 bits per heavy atom. The molecule has 0 aromatic rings. The zero-order valence-corrected chi connectivity index (χ0v) is 12.5. The standard InChI is InChI=1S/C16H33NO2/c18-14-10-5-3-1-2-4-7-11-16(19)15-17-12-8-6-9-13-17/h16,18-19H,1-15H2. The maximum absolute atomic E-state index is 10.0. The van der Waals surface area contributed by atoms with E-state index >= 15 is 0 Å². The Bertz CT molecular complexity index is 193. The summed E-state index contributed by atoms with van der Waals surface area (Å²) < 4.78 is 0. The van der Waals surface area contributed by atoms with Gasteiger partial charge in [0, 0.05) is 13.2 Å². The van der Waals surface area contributed by atoms with Crippen molar-refractivity contribution in [1.82, 2.24) is 4.90 Å². The average Bonchev–Trinajstić information content (AvgIpc) is 2.43. The number of likely N-dealkylation sites (tertiary alicyclic amines) is 1. The molecular formula is C16H33NO2. The van der Waals surface area contributed by atoms with E-state index in [0.29, 0.717) is 6.61 Å². The normalized spacial score (nSPS) is 18.6. The molecule has 1 atom stereocenters. The second-order valence-corrected chi connectivity index (χ2v) is 6.00. The minimum Gasteiger partial charge on any atom is -0.396 e. The van der Waals surface area contributed by atoms with Gasteiger partial charge in [-0.1, -0.05) is 44.9 Å². The fourth-order valence-corrected chi connectivity index (χ4v) is 2.91. The molecule has 0 aliphatic carbocycles. The third-order valence-electron chi connectivity index (χ3n) is 4.11. The molecular weight excluding hydrogens is 238 g/mol. The highest BCUT2D eigenvalue weighted by atomic mass is 16.3. The van der Waals surface area contributed by atoms with E-state index in [1.54, 1.807) is 0 Å². The molecule has 0 radical (unpaired) electrons. The monoisotopic (exact) mass is 271 g/mol. The number of rotatable bonds is 11. The van der Waals surface area contributed by atoms with Gasteiger partial charge in [-0.2, -0.15) is 0 Å². The molecule has 1 unspecified atom stereocenters. The molecule has 19 heavy (non-hydrogen) atoms. The summed E-state index contributed by atoms with van der Waals surface area (Å²) in [6.45, 7) is 3.59. The molecule has 1 saturated heterocycles. The second-order valence-electron chi connectivity index (χ2n) is 6.00. The minimum atomic E-state index is -0.118. The van der Waals surface area contributed by atoms with Crippen molar-refractivity contribution in [3.8, 4) is 0 Å². The van der Waals surface area contributed by atoms with Crippen molar-refractivity contribution in [2.45, 2.75) is 76.7 Å². The van der Waals surface area contributed by atoms with Crippen LogP contribution < -0.4 is 0 Å². The van der Waals surface area contributed by atoms with Crippen LogP contribution in [0.1, 0.15) is 70.6 Å². The van der Waals surface area contributed by atoms with Crippen LogP contribution >= 0.6 is 0 Å². The molecule has 1 heterocycles. The molecule has 1 aliphatic heterocycles.